The monoisotopic (exact) mass is 1380 g/mol. The molecule has 19 heteroatoms. The van der Waals surface area contributed by atoms with E-state index in [1.807, 2.05) is 0 Å². The van der Waals surface area contributed by atoms with Crippen LogP contribution in [0.3, 0.4) is 0 Å². The van der Waals surface area contributed by atoms with Crippen molar-refractivity contribution >= 4 is 39.5 Å². The third-order valence-electron chi connectivity index (χ3n) is 17.9. The molecule has 0 spiro atoms. The van der Waals surface area contributed by atoms with E-state index in [1.165, 1.54) is 212 Å². The second-order valence-electron chi connectivity index (χ2n) is 27.3. The van der Waals surface area contributed by atoms with Gasteiger partial charge in [0.25, 0.3) is 0 Å². The number of hydrogen-bond donors (Lipinski definition) is 3. The lowest BCUT2D eigenvalue weighted by Crippen LogP contribution is -2.30. The second-order valence-corrected chi connectivity index (χ2v) is 30.2. The van der Waals surface area contributed by atoms with Gasteiger partial charge >= 0.3 is 39.5 Å². The van der Waals surface area contributed by atoms with Crippen LogP contribution in [-0.2, 0) is 65.4 Å². The van der Waals surface area contributed by atoms with Crippen LogP contribution in [0.5, 0.6) is 0 Å². The van der Waals surface area contributed by atoms with E-state index in [9.17, 15) is 43.2 Å². The van der Waals surface area contributed by atoms with Gasteiger partial charge in [0, 0.05) is 25.7 Å². The summed E-state index contributed by atoms with van der Waals surface area (Å²) in [4.78, 5) is 72.6. The summed E-state index contributed by atoms with van der Waals surface area (Å²) in [6.07, 6.45) is 56.9. The normalized spacial score (nSPS) is 14.3. The van der Waals surface area contributed by atoms with Crippen LogP contribution < -0.4 is 0 Å². The zero-order chi connectivity index (χ0) is 69.1. The van der Waals surface area contributed by atoms with Crippen molar-refractivity contribution in [3.05, 3.63) is 0 Å². The van der Waals surface area contributed by atoms with Crippen molar-refractivity contribution in [2.45, 2.75) is 412 Å². The molecular weight excluding hydrogens is 1230 g/mol. The number of aliphatic hydroxyl groups is 1. The van der Waals surface area contributed by atoms with Crippen LogP contribution in [0.1, 0.15) is 394 Å². The van der Waals surface area contributed by atoms with Gasteiger partial charge in [0.1, 0.15) is 19.3 Å². The molecule has 0 aliphatic carbocycles. The first-order valence-electron chi connectivity index (χ1n) is 39.2. The van der Waals surface area contributed by atoms with E-state index in [1.54, 1.807) is 0 Å². The summed E-state index contributed by atoms with van der Waals surface area (Å²) in [6, 6.07) is 0. The summed E-state index contributed by atoms with van der Waals surface area (Å²) in [5, 5.41) is 10.6. The lowest BCUT2D eigenvalue weighted by molar-refractivity contribution is -0.161. The van der Waals surface area contributed by atoms with Crippen LogP contribution in [0, 0.1) is 5.92 Å². The van der Waals surface area contributed by atoms with Gasteiger partial charge in [-0.15, -0.1) is 0 Å². The van der Waals surface area contributed by atoms with Gasteiger partial charge in [-0.1, -0.05) is 343 Å². The first kappa shape index (κ1) is 92.1. The second kappa shape index (κ2) is 68.2. The highest BCUT2D eigenvalue weighted by Gasteiger charge is 2.30. The van der Waals surface area contributed by atoms with Crippen molar-refractivity contribution in [3.8, 4) is 0 Å². The Hall–Kier alpha value is -1.94. The molecule has 0 aliphatic heterocycles. The summed E-state index contributed by atoms with van der Waals surface area (Å²) >= 11 is 0. The molecule has 17 nitrogen and oxygen atoms in total. The molecule has 0 radical (unpaired) electrons. The maximum absolute atomic E-state index is 13.1. The van der Waals surface area contributed by atoms with E-state index in [2.05, 4.69) is 34.6 Å². The average Bonchev–Trinajstić information content (AvgIpc) is 1.37. The Balaban J connectivity index is 5.15. The highest BCUT2D eigenvalue weighted by atomic mass is 31.2. The topological polar surface area (TPSA) is 237 Å². The van der Waals surface area contributed by atoms with Gasteiger partial charge in [0.15, 0.2) is 12.2 Å². The Morgan fingerprint density at radius 1 is 0.298 bits per heavy atom. The largest absolute Gasteiger partial charge is 0.472 e. The molecule has 6 atom stereocenters. The number of rotatable bonds is 75. The molecule has 3 unspecified atom stereocenters. The molecule has 0 rings (SSSR count). The van der Waals surface area contributed by atoms with Crippen LogP contribution in [0.2, 0.25) is 0 Å². The maximum Gasteiger partial charge on any atom is 0.472 e. The van der Waals surface area contributed by atoms with Crippen molar-refractivity contribution in [1.29, 1.82) is 0 Å². The van der Waals surface area contributed by atoms with Crippen molar-refractivity contribution in [2.24, 2.45) is 5.92 Å². The van der Waals surface area contributed by atoms with Gasteiger partial charge in [0.2, 0.25) is 0 Å². The zero-order valence-corrected chi connectivity index (χ0v) is 62.9. The molecule has 0 saturated carbocycles. The smallest absolute Gasteiger partial charge is 0.462 e. The predicted octanol–water partition coefficient (Wildman–Crippen LogP) is 22.1. The van der Waals surface area contributed by atoms with Crippen molar-refractivity contribution < 1.29 is 80.2 Å². The van der Waals surface area contributed by atoms with Crippen LogP contribution >= 0.6 is 15.6 Å². The SMILES string of the molecule is CCCCCCCCCCCCCCCCC(=O)OC[C@H](COP(=O)(O)OC[C@@H](O)COP(=O)(O)OC[C@@H](COC(=O)CCCCCCCCCC)OC(=O)CCCCCCCCCCCC)OC(=O)CCCCCCCCCCCCCCCCCCCCC(C)CC. The number of ether oxygens (including phenoxy) is 4. The van der Waals surface area contributed by atoms with Gasteiger partial charge in [-0.3, -0.25) is 37.3 Å². The quantitative estimate of drug-likeness (QED) is 0.0222. The molecule has 558 valence electrons. The molecule has 0 aromatic carbocycles. The van der Waals surface area contributed by atoms with Crippen molar-refractivity contribution in [3.63, 3.8) is 0 Å². The third kappa shape index (κ3) is 67.3. The van der Waals surface area contributed by atoms with Gasteiger partial charge < -0.3 is 33.8 Å². The highest BCUT2D eigenvalue weighted by Crippen LogP contribution is 2.45. The van der Waals surface area contributed by atoms with Crippen LogP contribution in [0.25, 0.3) is 0 Å². The van der Waals surface area contributed by atoms with E-state index in [-0.39, 0.29) is 25.7 Å². The van der Waals surface area contributed by atoms with Gasteiger partial charge in [0.05, 0.1) is 26.4 Å². The Kier molecular flexibility index (Phi) is 66.8. The Bertz CT molecular complexity index is 1810. The molecule has 3 N–H and O–H groups in total. The fraction of sp³-hybridized carbons (Fsp3) is 0.947. The first-order valence-corrected chi connectivity index (χ1v) is 42.2. The van der Waals surface area contributed by atoms with Gasteiger partial charge in [-0.2, -0.15) is 0 Å². The fourth-order valence-electron chi connectivity index (χ4n) is 11.5. The molecule has 0 aromatic rings. The minimum Gasteiger partial charge on any atom is -0.462 e. The maximum atomic E-state index is 13.1. The Morgan fingerprint density at radius 2 is 0.511 bits per heavy atom. The van der Waals surface area contributed by atoms with Crippen LogP contribution in [0.4, 0.5) is 0 Å². The predicted molar refractivity (Wildman–Crippen MR) is 382 cm³/mol. The summed E-state index contributed by atoms with van der Waals surface area (Å²) in [5.74, 6) is -1.25. The molecule has 0 bridgehead atoms. The number of phosphoric acid groups is 2. The molecule has 94 heavy (non-hydrogen) atoms. The Labute approximate surface area is 575 Å². The van der Waals surface area contributed by atoms with Gasteiger partial charge in [-0.05, 0) is 31.6 Å². The average molecular weight is 1380 g/mol. The molecule has 0 amide bonds. The van der Waals surface area contributed by atoms with E-state index < -0.39 is 97.5 Å². The molecule has 0 aliphatic rings. The first-order chi connectivity index (χ1) is 45.6. The zero-order valence-electron chi connectivity index (χ0n) is 61.1. The summed E-state index contributed by atoms with van der Waals surface area (Å²) in [5.41, 5.74) is 0. The minimum absolute atomic E-state index is 0.107. The minimum atomic E-state index is -4.95. The molecule has 0 fully saturated rings. The summed E-state index contributed by atoms with van der Waals surface area (Å²) < 4.78 is 68.3. The lowest BCUT2D eigenvalue weighted by atomic mass is 9.99. The van der Waals surface area contributed by atoms with Crippen molar-refractivity contribution in [1.82, 2.24) is 0 Å². The van der Waals surface area contributed by atoms with E-state index >= 15 is 0 Å². The molecule has 0 aromatic heterocycles. The lowest BCUT2D eigenvalue weighted by Gasteiger charge is -2.21. The van der Waals surface area contributed by atoms with Crippen LogP contribution in [0.15, 0.2) is 0 Å². The number of esters is 4. The molecular formula is C75H146O17P2. The van der Waals surface area contributed by atoms with E-state index in [0.29, 0.717) is 25.7 Å². The summed E-state index contributed by atoms with van der Waals surface area (Å²) in [7, 11) is -9.90. The number of phosphoric ester groups is 2. The molecule has 0 saturated heterocycles. The number of carbonyl (C=O) groups is 4. The highest BCUT2D eigenvalue weighted by molar-refractivity contribution is 7.47. The van der Waals surface area contributed by atoms with E-state index in [0.717, 1.165) is 102 Å². The van der Waals surface area contributed by atoms with E-state index in [4.69, 9.17) is 37.0 Å². The molecule has 0 heterocycles. The standard InChI is InChI=1S/C75H146O17P2/c1-6-10-13-16-19-22-24-25-33-36-40-44-49-54-59-73(78)86-65-71(92-75(80)61-56-51-46-41-37-34-31-29-27-26-28-30-32-35-38-42-47-52-57-68(5)9-4)67-90-94(83,84)88-63-69(76)62-87-93(81,82)89-66-70(64-85-72(77)58-53-48-43-21-18-15-12-8-3)91-74(79)60-55-50-45-39-23-20-17-14-11-7-2/h68-71,76H,6-67H2,1-5H3,(H,81,82)(H,83,84)/t68?,69-,70+,71+/m0/s1. The Morgan fingerprint density at radius 3 is 0.755 bits per heavy atom. The third-order valence-corrected chi connectivity index (χ3v) is 19.8. The van der Waals surface area contributed by atoms with Crippen molar-refractivity contribution in [2.75, 3.05) is 39.6 Å². The summed E-state index contributed by atoms with van der Waals surface area (Å²) in [6.45, 7) is 7.31. The number of aliphatic hydroxyl groups excluding tert-OH is 1. The van der Waals surface area contributed by atoms with Crippen LogP contribution in [-0.4, -0.2) is 96.7 Å². The fourth-order valence-corrected chi connectivity index (χ4v) is 13.1. The number of carbonyl (C=O) groups excluding carboxylic acids is 4. The number of unbranched alkanes of at least 4 members (excludes halogenated alkanes) is 46. The number of hydrogen-bond acceptors (Lipinski definition) is 15. The van der Waals surface area contributed by atoms with Gasteiger partial charge in [-0.25, -0.2) is 9.13 Å².